The Morgan fingerprint density at radius 3 is 2.83 bits per heavy atom. The van der Waals surface area contributed by atoms with Crippen LogP contribution < -0.4 is 11.2 Å². The second-order valence-corrected chi connectivity index (χ2v) is 5.49. The smallest absolute Gasteiger partial charge is 0.329 e. The Morgan fingerprint density at radius 1 is 1.61 bits per heavy atom. The van der Waals surface area contributed by atoms with Crippen molar-refractivity contribution >= 4 is 11.8 Å². The molecule has 1 aromatic heterocycles. The van der Waals surface area contributed by atoms with Crippen molar-refractivity contribution in [2.24, 2.45) is 0 Å². The van der Waals surface area contributed by atoms with Crippen LogP contribution in [-0.4, -0.2) is 48.9 Å². The minimum atomic E-state index is -1.63. The first-order chi connectivity index (χ1) is 8.39. The summed E-state index contributed by atoms with van der Waals surface area (Å²) in [7, 11) is 0. The predicted molar refractivity (Wildman–Crippen MR) is 65.6 cm³/mol. The summed E-state index contributed by atoms with van der Waals surface area (Å²) in [6, 6.07) is 0. The molecule has 0 bridgehead atoms. The summed E-state index contributed by atoms with van der Waals surface area (Å²) in [5.41, 5.74) is -2.42. The lowest BCUT2D eigenvalue weighted by atomic mass is 10.0. The Hall–Kier alpha value is -1.09. The van der Waals surface area contributed by atoms with Gasteiger partial charge in [0.15, 0.2) is 0 Å². The van der Waals surface area contributed by atoms with Crippen molar-refractivity contribution in [3.05, 3.63) is 32.6 Å². The molecule has 100 valence electrons. The Kier molecular flexibility index (Phi) is 3.37. The van der Waals surface area contributed by atoms with Crippen molar-refractivity contribution in [1.82, 2.24) is 9.55 Å². The number of hydrogen-bond donors (Lipinski definition) is 4. The first kappa shape index (κ1) is 13.3. The Bertz CT molecular complexity index is 568. The average Bonchev–Trinajstić information content (AvgIpc) is 2.62. The average molecular weight is 274 g/mol. The number of nitrogens with one attached hydrogen (secondary N) is 1. The van der Waals surface area contributed by atoms with Crippen LogP contribution in [0.3, 0.4) is 0 Å². The van der Waals surface area contributed by atoms with Gasteiger partial charge in [0.25, 0.3) is 5.56 Å². The molecular weight excluding hydrogens is 260 g/mol. The van der Waals surface area contributed by atoms with Gasteiger partial charge in [-0.15, -0.1) is 11.8 Å². The van der Waals surface area contributed by atoms with E-state index in [1.54, 1.807) is 6.92 Å². The number of thioether (sulfide) groups is 1. The highest BCUT2D eigenvalue weighted by Gasteiger charge is 2.48. The lowest BCUT2D eigenvalue weighted by Gasteiger charge is -2.25. The zero-order valence-corrected chi connectivity index (χ0v) is 10.5. The van der Waals surface area contributed by atoms with Gasteiger partial charge in [-0.1, -0.05) is 0 Å². The molecule has 0 aliphatic carbocycles. The van der Waals surface area contributed by atoms with E-state index in [0.29, 0.717) is 5.56 Å². The zero-order chi connectivity index (χ0) is 13.5. The Balaban J connectivity index is 2.43. The van der Waals surface area contributed by atoms with Crippen LogP contribution in [0.4, 0.5) is 0 Å². The van der Waals surface area contributed by atoms with Crippen LogP contribution in [-0.2, 0) is 0 Å². The number of aromatic amines is 1. The fraction of sp³-hybridized carbons (Fsp3) is 0.600. The number of rotatable bonds is 2. The van der Waals surface area contributed by atoms with Crippen molar-refractivity contribution in [2.75, 3.05) is 12.4 Å². The largest absolute Gasteiger partial charge is 0.393 e. The number of nitrogens with zero attached hydrogens (tertiary/aromatic N) is 1. The van der Waals surface area contributed by atoms with E-state index in [1.165, 1.54) is 10.8 Å². The minimum absolute atomic E-state index is 0.111. The predicted octanol–water partition coefficient (Wildman–Crippen LogP) is -1.83. The molecule has 3 atom stereocenters. The molecule has 1 fully saturated rings. The SMILES string of the molecule is Cc1cn([C@@H]2SC[C@](O)(CO)[C@H]2O)c(=O)[nH]c1=O. The first-order valence-corrected chi connectivity index (χ1v) is 6.39. The van der Waals surface area contributed by atoms with Crippen LogP contribution in [0, 0.1) is 6.92 Å². The molecule has 0 saturated carbocycles. The molecule has 1 aliphatic rings. The monoisotopic (exact) mass is 274 g/mol. The van der Waals surface area contributed by atoms with Gasteiger partial charge >= 0.3 is 5.69 Å². The van der Waals surface area contributed by atoms with E-state index in [4.69, 9.17) is 5.11 Å². The van der Waals surface area contributed by atoms with E-state index >= 15 is 0 Å². The maximum Gasteiger partial charge on any atom is 0.329 e. The summed E-state index contributed by atoms with van der Waals surface area (Å²) in [6.45, 7) is 0.952. The molecule has 1 aromatic rings. The quantitative estimate of drug-likeness (QED) is 0.504. The van der Waals surface area contributed by atoms with Gasteiger partial charge in [-0.3, -0.25) is 14.3 Å². The zero-order valence-electron chi connectivity index (χ0n) is 9.66. The van der Waals surface area contributed by atoms with Gasteiger partial charge in [-0.2, -0.15) is 0 Å². The van der Waals surface area contributed by atoms with Gasteiger partial charge in [0, 0.05) is 17.5 Å². The Labute approximate surface area is 106 Å². The summed E-state index contributed by atoms with van der Waals surface area (Å²) in [6.07, 6.45) is 0.0565. The normalized spacial score (nSPS) is 31.8. The number of hydrogen-bond acceptors (Lipinski definition) is 6. The van der Waals surface area contributed by atoms with E-state index in [-0.39, 0.29) is 5.75 Å². The molecule has 7 nitrogen and oxygen atoms in total. The highest BCUT2D eigenvalue weighted by molar-refractivity contribution is 7.99. The highest BCUT2D eigenvalue weighted by Crippen LogP contribution is 2.41. The molecule has 0 radical (unpaired) electrons. The van der Waals surface area contributed by atoms with Gasteiger partial charge in [-0.25, -0.2) is 4.79 Å². The van der Waals surface area contributed by atoms with Crippen LogP contribution in [0.5, 0.6) is 0 Å². The molecule has 2 heterocycles. The number of H-pyrrole nitrogens is 1. The lowest BCUT2D eigenvalue weighted by Crippen LogP contribution is -2.47. The fourth-order valence-electron chi connectivity index (χ4n) is 1.82. The number of aliphatic hydroxyl groups excluding tert-OH is 2. The maximum atomic E-state index is 11.7. The summed E-state index contributed by atoms with van der Waals surface area (Å²) in [5.74, 6) is 0.111. The van der Waals surface area contributed by atoms with Gasteiger partial charge in [0.2, 0.25) is 0 Å². The fourth-order valence-corrected chi connectivity index (χ4v) is 3.29. The summed E-state index contributed by atoms with van der Waals surface area (Å²) < 4.78 is 1.17. The van der Waals surface area contributed by atoms with Gasteiger partial charge in [-0.05, 0) is 6.92 Å². The molecule has 0 amide bonds. The number of aryl methyl sites for hydroxylation is 1. The second-order valence-electron chi connectivity index (χ2n) is 4.39. The van der Waals surface area contributed by atoms with Crippen LogP contribution in [0.1, 0.15) is 10.9 Å². The standard InChI is InChI=1S/C10H14N2O5S/c1-5-2-12(9(16)11-7(5)15)8-6(14)10(17,3-13)4-18-8/h2,6,8,13-14,17H,3-4H2,1H3,(H,11,15,16)/t6-,8+,10+/m0/s1. The summed E-state index contributed by atoms with van der Waals surface area (Å²) in [5, 5.41) is 28.2. The van der Waals surface area contributed by atoms with Crippen LogP contribution in [0.2, 0.25) is 0 Å². The van der Waals surface area contributed by atoms with Crippen LogP contribution in [0.15, 0.2) is 15.8 Å². The number of aromatic nitrogens is 2. The highest BCUT2D eigenvalue weighted by atomic mass is 32.2. The topological polar surface area (TPSA) is 116 Å². The molecule has 2 rings (SSSR count). The van der Waals surface area contributed by atoms with Crippen molar-refractivity contribution in [1.29, 1.82) is 0 Å². The van der Waals surface area contributed by atoms with Crippen LogP contribution in [0.25, 0.3) is 0 Å². The van der Waals surface area contributed by atoms with E-state index < -0.39 is 34.9 Å². The number of aliphatic hydroxyl groups is 3. The third-order valence-electron chi connectivity index (χ3n) is 3.02. The molecule has 8 heteroatoms. The van der Waals surface area contributed by atoms with E-state index in [9.17, 15) is 19.8 Å². The second kappa shape index (κ2) is 4.54. The Morgan fingerprint density at radius 2 is 2.28 bits per heavy atom. The minimum Gasteiger partial charge on any atom is -0.393 e. The van der Waals surface area contributed by atoms with E-state index in [1.807, 2.05) is 0 Å². The van der Waals surface area contributed by atoms with E-state index in [2.05, 4.69) is 4.98 Å². The van der Waals surface area contributed by atoms with Crippen molar-refractivity contribution in [3.8, 4) is 0 Å². The molecule has 1 saturated heterocycles. The summed E-state index contributed by atoms with van der Waals surface area (Å²) in [4.78, 5) is 25.0. The molecule has 0 aromatic carbocycles. The summed E-state index contributed by atoms with van der Waals surface area (Å²) >= 11 is 1.14. The molecule has 0 unspecified atom stereocenters. The lowest BCUT2D eigenvalue weighted by molar-refractivity contribution is -0.0876. The van der Waals surface area contributed by atoms with Crippen molar-refractivity contribution < 1.29 is 15.3 Å². The molecular formula is C10H14N2O5S. The molecule has 0 spiro atoms. The van der Waals surface area contributed by atoms with Gasteiger partial charge < -0.3 is 15.3 Å². The maximum absolute atomic E-state index is 11.7. The van der Waals surface area contributed by atoms with Gasteiger partial charge in [0.1, 0.15) is 17.1 Å². The van der Waals surface area contributed by atoms with Gasteiger partial charge in [0.05, 0.1) is 6.61 Å². The van der Waals surface area contributed by atoms with Crippen molar-refractivity contribution in [3.63, 3.8) is 0 Å². The molecule has 1 aliphatic heterocycles. The molecule has 4 N–H and O–H groups in total. The van der Waals surface area contributed by atoms with Crippen molar-refractivity contribution in [2.45, 2.75) is 24.0 Å². The first-order valence-electron chi connectivity index (χ1n) is 5.34. The third-order valence-corrected chi connectivity index (χ3v) is 4.51. The molecule has 18 heavy (non-hydrogen) atoms. The third kappa shape index (κ3) is 2.01. The van der Waals surface area contributed by atoms with E-state index in [0.717, 1.165) is 11.8 Å². The van der Waals surface area contributed by atoms with Crippen LogP contribution >= 0.6 is 11.8 Å².